The molecule has 0 aliphatic heterocycles. The van der Waals surface area contributed by atoms with Gasteiger partial charge < -0.3 is 9.84 Å². The Kier molecular flexibility index (Phi) is 5.43. The molecule has 0 spiro atoms. The number of rotatable bonds is 5. The van der Waals surface area contributed by atoms with Gasteiger partial charge in [0.05, 0.1) is 6.61 Å². The van der Waals surface area contributed by atoms with Crippen LogP contribution in [-0.2, 0) is 12.8 Å². The SMILES string of the molecule is O=C1/C(=C/c2ccc(OCCc3ccc(F)cc3)cc2)CCc2cc(O)ccc21. The molecule has 146 valence electrons. The molecule has 4 heteroatoms. The summed E-state index contributed by atoms with van der Waals surface area (Å²) in [7, 11) is 0. The number of fused-ring (bicyclic) bond motifs is 1. The number of carbonyl (C=O) groups is 1. The summed E-state index contributed by atoms with van der Waals surface area (Å²) in [5, 5.41) is 9.59. The zero-order valence-electron chi connectivity index (χ0n) is 15.9. The molecule has 0 saturated heterocycles. The number of benzene rings is 3. The Labute approximate surface area is 169 Å². The molecule has 0 atom stereocenters. The molecular formula is C25H21FO3. The van der Waals surface area contributed by atoms with Gasteiger partial charge in [-0.25, -0.2) is 4.39 Å². The Balaban J connectivity index is 1.38. The third-order valence-electron chi connectivity index (χ3n) is 5.08. The number of phenolic OH excluding ortho intramolecular Hbond substituents is 1. The third kappa shape index (κ3) is 4.54. The highest BCUT2D eigenvalue weighted by molar-refractivity contribution is 6.13. The van der Waals surface area contributed by atoms with Gasteiger partial charge >= 0.3 is 0 Å². The van der Waals surface area contributed by atoms with Crippen LogP contribution < -0.4 is 4.74 Å². The van der Waals surface area contributed by atoms with Gasteiger partial charge in [-0.2, -0.15) is 0 Å². The number of allylic oxidation sites excluding steroid dienone is 1. The minimum absolute atomic E-state index is 0.0193. The number of Topliss-reactive ketones (excluding diaryl/α,β-unsaturated/α-hetero) is 1. The molecule has 0 aromatic heterocycles. The van der Waals surface area contributed by atoms with E-state index in [0.29, 0.717) is 25.0 Å². The number of phenols is 1. The Hall–Kier alpha value is -3.40. The van der Waals surface area contributed by atoms with E-state index in [-0.39, 0.29) is 17.3 Å². The van der Waals surface area contributed by atoms with Crippen molar-refractivity contribution in [3.8, 4) is 11.5 Å². The fourth-order valence-corrected chi connectivity index (χ4v) is 3.50. The molecule has 0 fully saturated rings. The maximum atomic E-state index is 12.9. The van der Waals surface area contributed by atoms with Crippen LogP contribution in [0.4, 0.5) is 4.39 Å². The molecule has 29 heavy (non-hydrogen) atoms. The molecule has 1 aliphatic carbocycles. The molecule has 1 N–H and O–H groups in total. The average molecular weight is 388 g/mol. The van der Waals surface area contributed by atoms with Gasteiger partial charge in [-0.15, -0.1) is 0 Å². The van der Waals surface area contributed by atoms with E-state index in [1.165, 1.54) is 12.1 Å². The van der Waals surface area contributed by atoms with Crippen molar-refractivity contribution in [1.82, 2.24) is 0 Å². The van der Waals surface area contributed by atoms with Crippen LogP contribution in [0.2, 0.25) is 0 Å². The Morgan fingerprint density at radius 1 is 0.966 bits per heavy atom. The van der Waals surface area contributed by atoms with Gasteiger partial charge in [0.2, 0.25) is 0 Å². The first kappa shape index (κ1) is 18.9. The maximum Gasteiger partial charge on any atom is 0.189 e. The summed E-state index contributed by atoms with van der Waals surface area (Å²) >= 11 is 0. The van der Waals surface area contributed by atoms with Crippen molar-refractivity contribution in [2.24, 2.45) is 0 Å². The molecule has 0 saturated carbocycles. The van der Waals surface area contributed by atoms with Crippen LogP contribution in [0.5, 0.6) is 11.5 Å². The molecule has 3 aromatic carbocycles. The third-order valence-corrected chi connectivity index (χ3v) is 5.08. The molecule has 0 amide bonds. The lowest BCUT2D eigenvalue weighted by molar-refractivity contribution is 0.102. The van der Waals surface area contributed by atoms with Crippen LogP contribution in [0.25, 0.3) is 6.08 Å². The van der Waals surface area contributed by atoms with Crippen LogP contribution in [0.1, 0.15) is 33.5 Å². The van der Waals surface area contributed by atoms with Gasteiger partial charge in [-0.3, -0.25) is 4.79 Å². The minimum Gasteiger partial charge on any atom is -0.508 e. The smallest absolute Gasteiger partial charge is 0.189 e. The van der Waals surface area contributed by atoms with Crippen molar-refractivity contribution >= 4 is 11.9 Å². The van der Waals surface area contributed by atoms with Crippen molar-refractivity contribution in [2.45, 2.75) is 19.3 Å². The summed E-state index contributed by atoms with van der Waals surface area (Å²) in [6, 6.07) is 19.0. The second-order valence-electron chi connectivity index (χ2n) is 7.13. The second-order valence-corrected chi connectivity index (χ2v) is 7.13. The van der Waals surface area contributed by atoms with E-state index in [1.54, 1.807) is 30.3 Å². The van der Waals surface area contributed by atoms with Gasteiger partial charge in [0.25, 0.3) is 0 Å². The topological polar surface area (TPSA) is 46.5 Å². The van der Waals surface area contributed by atoms with Crippen LogP contribution in [0.15, 0.2) is 72.3 Å². The Morgan fingerprint density at radius 3 is 2.48 bits per heavy atom. The summed E-state index contributed by atoms with van der Waals surface area (Å²) in [5.74, 6) is 0.729. The normalized spacial score (nSPS) is 14.7. The predicted molar refractivity (Wildman–Crippen MR) is 111 cm³/mol. The maximum absolute atomic E-state index is 12.9. The van der Waals surface area contributed by atoms with E-state index in [0.717, 1.165) is 34.4 Å². The Morgan fingerprint density at radius 2 is 1.72 bits per heavy atom. The first-order valence-electron chi connectivity index (χ1n) is 9.63. The lowest BCUT2D eigenvalue weighted by Gasteiger charge is -2.17. The fraction of sp³-hybridized carbons (Fsp3) is 0.160. The molecule has 0 bridgehead atoms. The van der Waals surface area contributed by atoms with Crippen LogP contribution in [0.3, 0.4) is 0 Å². The first-order chi connectivity index (χ1) is 14.1. The molecule has 1 aliphatic rings. The fourth-order valence-electron chi connectivity index (χ4n) is 3.50. The van der Waals surface area contributed by atoms with Gasteiger partial charge in [0, 0.05) is 17.6 Å². The molecule has 4 rings (SSSR count). The van der Waals surface area contributed by atoms with E-state index in [4.69, 9.17) is 4.74 Å². The van der Waals surface area contributed by atoms with Crippen molar-refractivity contribution < 1.29 is 19.0 Å². The van der Waals surface area contributed by atoms with Crippen LogP contribution in [-0.4, -0.2) is 17.5 Å². The number of carbonyl (C=O) groups excluding carboxylic acids is 1. The zero-order chi connectivity index (χ0) is 20.2. The number of ether oxygens (including phenoxy) is 1. The van der Waals surface area contributed by atoms with Gasteiger partial charge in [0.15, 0.2) is 5.78 Å². The Bertz CT molecular complexity index is 1050. The summed E-state index contributed by atoms with van der Waals surface area (Å²) in [6.07, 6.45) is 4.02. The quantitative estimate of drug-likeness (QED) is 0.598. The number of hydrogen-bond donors (Lipinski definition) is 1. The largest absolute Gasteiger partial charge is 0.508 e. The number of aryl methyl sites for hydroxylation is 1. The lowest BCUT2D eigenvalue weighted by Crippen LogP contribution is -2.13. The average Bonchev–Trinajstić information content (AvgIpc) is 2.73. The number of hydrogen-bond acceptors (Lipinski definition) is 3. The molecule has 0 radical (unpaired) electrons. The van der Waals surface area contributed by atoms with Crippen molar-refractivity contribution in [3.05, 3.63) is 100 Å². The monoisotopic (exact) mass is 388 g/mol. The standard InChI is InChI=1S/C25H21FO3/c26-21-7-1-17(2-8-21)13-14-29-23-10-3-18(4-11-23)15-20-6-5-19-16-22(27)9-12-24(19)25(20)28/h1-4,7-12,15-16,27H,5-6,13-14H2/b20-15+. The summed E-state index contributed by atoms with van der Waals surface area (Å²) in [6.45, 7) is 0.508. The highest BCUT2D eigenvalue weighted by Crippen LogP contribution is 2.29. The van der Waals surface area contributed by atoms with E-state index < -0.39 is 0 Å². The molecule has 3 nitrogen and oxygen atoms in total. The number of aromatic hydroxyl groups is 1. The molecule has 0 heterocycles. The second kappa shape index (κ2) is 8.31. The van der Waals surface area contributed by atoms with Gasteiger partial charge in [-0.05, 0) is 78.1 Å². The lowest BCUT2D eigenvalue weighted by atomic mass is 9.86. The molecular weight excluding hydrogens is 367 g/mol. The summed E-state index contributed by atoms with van der Waals surface area (Å²) in [4.78, 5) is 12.7. The van der Waals surface area contributed by atoms with Crippen LogP contribution >= 0.6 is 0 Å². The molecule has 3 aromatic rings. The van der Waals surface area contributed by atoms with E-state index in [1.807, 2.05) is 30.3 Å². The zero-order valence-corrected chi connectivity index (χ0v) is 15.9. The van der Waals surface area contributed by atoms with E-state index in [9.17, 15) is 14.3 Å². The van der Waals surface area contributed by atoms with Crippen molar-refractivity contribution in [1.29, 1.82) is 0 Å². The minimum atomic E-state index is -0.238. The highest BCUT2D eigenvalue weighted by Gasteiger charge is 2.22. The number of ketones is 1. The summed E-state index contributed by atoms with van der Waals surface area (Å²) < 4.78 is 18.7. The van der Waals surface area contributed by atoms with Crippen molar-refractivity contribution in [2.75, 3.05) is 6.61 Å². The van der Waals surface area contributed by atoms with E-state index >= 15 is 0 Å². The summed E-state index contributed by atoms with van der Waals surface area (Å²) in [5.41, 5.74) is 4.31. The van der Waals surface area contributed by atoms with Gasteiger partial charge in [-0.1, -0.05) is 24.3 Å². The first-order valence-corrected chi connectivity index (χ1v) is 9.63. The van der Waals surface area contributed by atoms with Crippen molar-refractivity contribution in [3.63, 3.8) is 0 Å². The van der Waals surface area contributed by atoms with E-state index in [2.05, 4.69) is 0 Å². The highest BCUT2D eigenvalue weighted by atomic mass is 19.1. The predicted octanol–water partition coefficient (Wildman–Crippen LogP) is 5.37. The molecule has 0 unspecified atom stereocenters. The van der Waals surface area contributed by atoms with Crippen LogP contribution in [0, 0.1) is 5.82 Å². The van der Waals surface area contributed by atoms with Gasteiger partial charge in [0.1, 0.15) is 17.3 Å². The number of halogens is 1.